The van der Waals surface area contributed by atoms with E-state index in [1.54, 1.807) is 14.2 Å². The summed E-state index contributed by atoms with van der Waals surface area (Å²) in [5, 5.41) is 0. The molecule has 0 aliphatic heterocycles. The highest BCUT2D eigenvalue weighted by molar-refractivity contribution is 5.14. The number of benzene rings is 1. The number of rotatable bonds is 8. The highest BCUT2D eigenvalue weighted by atomic mass is 16.7. The van der Waals surface area contributed by atoms with Crippen molar-refractivity contribution in [2.45, 2.75) is 19.1 Å². The van der Waals surface area contributed by atoms with Crippen molar-refractivity contribution in [3.8, 4) is 0 Å². The molecule has 0 aromatic heterocycles. The molecule has 0 aliphatic carbocycles. The SMILES string of the molecule is COC(CCN(C)CCc1ccccc1)OC. The lowest BCUT2D eigenvalue weighted by Gasteiger charge is -2.19. The number of hydrogen-bond donors (Lipinski definition) is 0. The zero-order valence-corrected chi connectivity index (χ0v) is 11.1. The van der Waals surface area contributed by atoms with Crippen LogP contribution in [0, 0.1) is 0 Å². The van der Waals surface area contributed by atoms with Crippen molar-refractivity contribution in [2.24, 2.45) is 0 Å². The highest BCUT2D eigenvalue weighted by Gasteiger charge is 2.06. The van der Waals surface area contributed by atoms with Gasteiger partial charge >= 0.3 is 0 Å². The summed E-state index contributed by atoms with van der Waals surface area (Å²) < 4.78 is 10.3. The Morgan fingerprint density at radius 3 is 2.29 bits per heavy atom. The molecule has 0 unspecified atom stereocenters. The van der Waals surface area contributed by atoms with E-state index >= 15 is 0 Å². The van der Waals surface area contributed by atoms with E-state index in [-0.39, 0.29) is 6.29 Å². The zero-order chi connectivity index (χ0) is 12.5. The lowest BCUT2D eigenvalue weighted by atomic mass is 10.1. The summed E-state index contributed by atoms with van der Waals surface area (Å²) in [5.74, 6) is 0. The molecule has 1 rings (SSSR count). The molecule has 0 bridgehead atoms. The van der Waals surface area contributed by atoms with Crippen molar-refractivity contribution in [1.29, 1.82) is 0 Å². The van der Waals surface area contributed by atoms with Gasteiger partial charge in [0, 0.05) is 33.7 Å². The molecule has 1 aromatic carbocycles. The first-order chi connectivity index (χ1) is 8.26. The van der Waals surface area contributed by atoms with Gasteiger partial charge in [-0.3, -0.25) is 0 Å². The first-order valence-electron chi connectivity index (χ1n) is 6.04. The van der Waals surface area contributed by atoms with Crippen molar-refractivity contribution in [3.05, 3.63) is 35.9 Å². The fraction of sp³-hybridized carbons (Fsp3) is 0.571. The topological polar surface area (TPSA) is 21.7 Å². The summed E-state index contributed by atoms with van der Waals surface area (Å²) in [6.07, 6.45) is 1.90. The molecule has 0 amide bonds. The van der Waals surface area contributed by atoms with Crippen molar-refractivity contribution in [2.75, 3.05) is 34.4 Å². The second kappa shape index (κ2) is 8.23. The van der Waals surface area contributed by atoms with Gasteiger partial charge in [0.05, 0.1) is 0 Å². The summed E-state index contributed by atoms with van der Waals surface area (Å²) in [6, 6.07) is 10.6. The van der Waals surface area contributed by atoms with Crippen LogP contribution in [0.3, 0.4) is 0 Å². The van der Waals surface area contributed by atoms with Gasteiger partial charge in [0.25, 0.3) is 0 Å². The maximum absolute atomic E-state index is 5.16. The van der Waals surface area contributed by atoms with Crippen LogP contribution < -0.4 is 0 Å². The minimum Gasteiger partial charge on any atom is -0.356 e. The predicted molar refractivity (Wildman–Crippen MR) is 70.1 cm³/mol. The van der Waals surface area contributed by atoms with Crippen molar-refractivity contribution in [3.63, 3.8) is 0 Å². The summed E-state index contributed by atoms with van der Waals surface area (Å²) in [4.78, 5) is 2.30. The third-order valence-corrected chi connectivity index (χ3v) is 2.90. The first-order valence-corrected chi connectivity index (χ1v) is 6.04. The molecule has 1 aromatic rings. The number of hydrogen-bond acceptors (Lipinski definition) is 3. The van der Waals surface area contributed by atoms with Gasteiger partial charge < -0.3 is 14.4 Å². The number of nitrogens with zero attached hydrogens (tertiary/aromatic N) is 1. The molecule has 0 spiro atoms. The Kier molecular flexibility index (Phi) is 6.86. The van der Waals surface area contributed by atoms with Gasteiger partial charge in [0.1, 0.15) is 0 Å². The van der Waals surface area contributed by atoms with Gasteiger partial charge in [-0.05, 0) is 19.0 Å². The summed E-state index contributed by atoms with van der Waals surface area (Å²) in [5.41, 5.74) is 1.38. The van der Waals surface area contributed by atoms with E-state index in [9.17, 15) is 0 Å². The van der Waals surface area contributed by atoms with Crippen molar-refractivity contribution >= 4 is 0 Å². The van der Waals surface area contributed by atoms with Crippen LogP contribution in [0.2, 0.25) is 0 Å². The van der Waals surface area contributed by atoms with E-state index in [1.807, 2.05) is 0 Å². The molecule has 0 heterocycles. The molecule has 3 nitrogen and oxygen atoms in total. The van der Waals surface area contributed by atoms with E-state index in [2.05, 4.69) is 42.3 Å². The Balaban J connectivity index is 2.19. The fourth-order valence-corrected chi connectivity index (χ4v) is 1.73. The van der Waals surface area contributed by atoms with Gasteiger partial charge in [-0.1, -0.05) is 30.3 Å². The van der Waals surface area contributed by atoms with Crippen LogP contribution in [0.4, 0.5) is 0 Å². The van der Waals surface area contributed by atoms with Gasteiger partial charge in [-0.25, -0.2) is 0 Å². The van der Waals surface area contributed by atoms with Crippen LogP contribution in [0.1, 0.15) is 12.0 Å². The molecule has 0 aliphatic rings. The molecular weight excluding hydrogens is 214 g/mol. The van der Waals surface area contributed by atoms with Crippen LogP contribution >= 0.6 is 0 Å². The third-order valence-electron chi connectivity index (χ3n) is 2.90. The summed E-state index contributed by atoms with van der Waals surface area (Å²) >= 11 is 0. The first kappa shape index (κ1) is 14.2. The predicted octanol–water partition coefficient (Wildman–Crippen LogP) is 2.17. The largest absolute Gasteiger partial charge is 0.356 e. The smallest absolute Gasteiger partial charge is 0.158 e. The monoisotopic (exact) mass is 237 g/mol. The molecule has 0 fully saturated rings. The molecule has 3 heteroatoms. The van der Waals surface area contributed by atoms with Crippen LogP contribution in [-0.2, 0) is 15.9 Å². The Hall–Kier alpha value is -0.900. The Bertz CT molecular complexity index is 286. The summed E-state index contributed by atoms with van der Waals surface area (Å²) in [7, 11) is 5.49. The minimum absolute atomic E-state index is 0.0887. The van der Waals surface area contributed by atoms with E-state index in [4.69, 9.17) is 9.47 Å². The fourth-order valence-electron chi connectivity index (χ4n) is 1.73. The van der Waals surface area contributed by atoms with Crippen LogP contribution in [0.5, 0.6) is 0 Å². The normalized spacial score (nSPS) is 11.4. The van der Waals surface area contributed by atoms with Crippen molar-refractivity contribution < 1.29 is 9.47 Å². The lowest BCUT2D eigenvalue weighted by Crippen LogP contribution is -2.27. The van der Waals surface area contributed by atoms with Crippen LogP contribution in [0.15, 0.2) is 30.3 Å². The second-order valence-electron chi connectivity index (χ2n) is 4.23. The molecule has 0 saturated carbocycles. The average Bonchev–Trinajstić information content (AvgIpc) is 2.39. The standard InChI is InChI=1S/C14H23NO2/c1-15(12-10-14(16-2)17-3)11-9-13-7-5-4-6-8-13/h4-8,14H,9-12H2,1-3H3. The number of likely N-dealkylation sites (N-methyl/N-ethyl adjacent to an activating group) is 1. The maximum Gasteiger partial charge on any atom is 0.158 e. The van der Waals surface area contributed by atoms with E-state index < -0.39 is 0 Å². The number of ether oxygens (including phenoxy) is 2. The molecule has 17 heavy (non-hydrogen) atoms. The molecule has 96 valence electrons. The lowest BCUT2D eigenvalue weighted by molar-refractivity contribution is -0.108. The molecule has 0 saturated heterocycles. The van der Waals surface area contributed by atoms with Crippen LogP contribution in [0.25, 0.3) is 0 Å². The quantitative estimate of drug-likeness (QED) is 0.647. The minimum atomic E-state index is -0.0887. The average molecular weight is 237 g/mol. The maximum atomic E-state index is 5.16. The van der Waals surface area contributed by atoms with Gasteiger partial charge in [-0.2, -0.15) is 0 Å². The van der Waals surface area contributed by atoms with E-state index in [1.165, 1.54) is 5.56 Å². The molecular formula is C14H23NO2. The van der Waals surface area contributed by atoms with Crippen molar-refractivity contribution in [1.82, 2.24) is 4.90 Å². The Labute approximate surface area is 104 Å². The Morgan fingerprint density at radius 2 is 1.71 bits per heavy atom. The number of methoxy groups -OCH3 is 2. The van der Waals surface area contributed by atoms with Gasteiger partial charge in [0.15, 0.2) is 6.29 Å². The molecule has 0 atom stereocenters. The molecule has 0 N–H and O–H groups in total. The van der Waals surface area contributed by atoms with Gasteiger partial charge in [0.2, 0.25) is 0 Å². The second-order valence-corrected chi connectivity index (χ2v) is 4.23. The molecule has 0 radical (unpaired) electrons. The van der Waals surface area contributed by atoms with Crippen LogP contribution in [-0.4, -0.2) is 45.5 Å². The highest BCUT2D eigenvalue weighted by Crippen LogP contribution is 2.03. The van der Waals surface area contributed by atoms with Gasteiger partial charge in [-0.15, -0.1) is 0 Å². The van der Waals surface area contributed by atoms with E-state index in [0.717, 1.165) is 25.9 Å². The zero-order valence-electron chi connectivity index (χ0n) is 11.1. The summed E-state index contributed by atoms with van der Waals surface area (Å²) in [6.45, 7) is 2.04. The Morgan fingerprint density at radius 1 is 1.06 bits per heavy atom. The third kappa shape index (κ3) is 5.82. The van der Waals surface area contributed by atoms with E-state index in [0.29, 0.717) is 0 Å².